The largest absolute Gasteiger partial charge is 0.384 e. The fourth-order valence-corrected chi connectivity index (χ4v) is 7.52. The molecule has 2 aromatic rings. The zero-order valence-electron chi connectivity index (χ0n) is 19.2. The number of halogens is 2. The normalized spacial score (nSPS) is 23.3. The molecule has 3 heterocycles. The highest BCUT2D eigenvalue weighted by atomic mass is 35.5. The number of sulfonamides is 1. The Morgan fingerprint density at radius 2 is 2.00 bits per heavy atom. The van der Waals surface area contributed by atoms with Crippen molar-refractivity contribution in [2.45, 2.75) is 49.7 Å². The molecule has 2 amide bonds. The number of methoxy groups -OCH3 is 1. The van der Waals surface area contributed by atoms with Gasteiger partial charge in [0.1, 0.15) is 6.04 Å². The summed E-state index contributed by atoms with van der Waals surface area (Å²) in [5, 5.41) is 12.7. The van der Waals surface area contributed by atoms with E-state index in [0.29, 0.717) is 31.5 Å². The monoisotopic (exact) mass is 544 g/mol. The van der Waals surface area contributed by atoms with Gasteiger partial charge in [-0.05, 0) is 31.4 Å². The van der Waals surface area contributed by atoms with Crippen LogP contribution in [0.5, 0.6) is 0 Å². The van der Waals surface area contributed by atoms with E-state index in [1.807, 2.05) is 0 Å². The lowest BCUT2D eigenvalue weighted by atomic mass is 9.91. The van der Waals surface area contributed by atoms with E-state index >= 15 is 0 Å². The number of fused-ring (bicyclic) bond motifs is 2. The van der Waals surface area contributed by atoms with E-state index in [2.05, 4.69) is 20.7 Å². The summed E-state index contributed by atoms with van der Waals surface area (Å²) in [5.74, 6) is -0.949. The van der Waals surface area contributed by atoms with E-state index in [1.165, 1.54) is 29.6 Å². The number of rotatable bonds is 7. The predicted octanol–water partition coefficient (Wildman–Crippen LogP) is 2.29. The zero-order chi connectivity index (χ0) is 25.3. The summed E-state index contributed by atoms with van der Waals surface area (Å²) >= 11 is 12.6. The maximum atomic E-state index is 14.0. The van der Waals surface area contributed by atoms with Gasteiger partial charge in [-0.2, -0.15) is 4.31 Å². The molecule has 2 bridgehead atoms. The van der Waals surface area contributed by atoms with Gasteiger partial charge in [0.25, 0.3) is 0 Å². The minimum Gasteiger partial charge on any atom is -0.384 e. The minimum absolute atomic E-state index is 0.0144. The summed E-state index contributed by atoms with van der Waals surface area (Å²) in [5.41, 5.74) is 0.774. The summed E-state index contributed by atoms with van der Waals surface area (Å²) in [7, 11) is -2.64. The molecule has 14 heteroatoms. The third-order valence-corrected chi connectivity index (χ3v) is 8.81. The van der Waals surface area contributed by atoms with Crippen LogP contribution in [0.15, 0.2) is 23.2 Å². The number of H-pyrrole nitrogens is 1. The molecule has 0 radical (unpaired) electrons. The fraction of sp³-hybridized carbons (Fsp3) is 0.524. The van der Waals surface area contributed by atoms with Crippen LogP contribution in [0.1, 0.15) is 31.9 Å². The van der Waals surface area contributed by atoms with Crippen molar-refractivity contribution >= 4 is 50.7 Å². The molecule has 35 heavy (non-hydrogen) atoms. The Kier molecular flexibility index (Phi) is 7.67. The van der Waals surface area contributed by atoms with Gasteiger partial charge in [0.2, 0.25) is 21.8 Å². The minimum atomic E-state index is -4.19. The van der Waals surface area contributed by atoms with Crippen LogP contribution >= 0.6 is 23.2 Å². The third kappa shape index (κ3) is 5.17. The number of hydrogen-bond acceptors (Lipinski definition) is 7. The maximum Gasteiger partial charge on any atom is 0.244 e. The number of anilines is 1. The summed E-state index contributed by atoms with van der Waals surface area (Å²) in [6, 6.07) is 1.15. The Hall–Kier alpha value is -2.25. The van der Waals surface area contributed by atoms with Crippen molar-refractivity contribution in [3.63, 3.8) is 0 Å². The van der Waals surface area contributed by atoms with Crippen LogP contribution in [-0.2, 0) is 30.9 Å². The molecule has 4 rings (SSSR count). The molecular formula is C21H26Cl2N6O5S. The van der Waals surface area contributed by atoms with Crippen molar-refractivity contribution in [1.29, 1.82) is 0 Å². The first kappa shape index (κ1) is 25.8. The molecule has 1 aromatic carbocycles. The first-order valence-corrected chi connectivity index (χ1v) is 13.3. The standard InChI is InChI=1S/C21H26Cl2N6O5S/c1-12(30)25-20-16(22)6-15(7-17(20)23)35(32,33)29-18-4-3-5-19(29)21(31)28(9-13(18)11-34-2)10-14-8-24-27-26-14/h6-8,13,18-19H,3-5,9-11H2,1-2H3,(H,25,30)(H,24,26,27)/t13-,18+,19?/m1/s1. The average Bonchev–Trinajstić information content (AvgIpc) is 3.30. The topological polar surface area (TPSA) is 138 Å². The molecule has 0 aliphatic carbocycles. The molecule has 2 aliphatic rings. The molecule has 2 aliphatic heterocycles. The SMILES string of the molecule is COC[C@H]1CN(Cc2cnn[nH]2)C(=O)C2CCC[C@@H]1N2S(=O)(=O)c1cc(Cl)c(NC(C)=O)c(Cl)c1. The lowest BCUT2D eigenvalue weighted by Crippen LogP contribution is -2.55. The number of hydrogen-bond donors (Lipinski definition) is 2. The van der Waals surface area contributed by atoms with Crippen molar-refractivity contribution in [2.24, 2.45) is 5.92 Å². The smallest absolute Gasteiger partial charge is 0.244 e. The van der Waals surface area contributed by atoms with E-state index in [-0.39, 0.29) is 45.6 Å². The zero-order valence-corrected chi connectivity index (χ0v) is 21.5. The third-order valence-electron chi connectivity index (χ3n) is 6.31. The van der Waals surface area contributed by atoms with Gasteiger partial charge in [0, 0.05) is 32.5 Å². The van der Waals surface area contributed by atoms with Gasteiger partial charge in [-0.25, -0.2) is 8.42 Å². The van der Waals surface area contributed by atoms with E-state index in [9.17, 15) is 18.0 Å². The number of carbonyl (C=O) groups is 2. The van der Waals surface area contributed by atoms with Gasteiger partial charge in [-0.3, -0.25) is 14.7 Å². The van der Waals surface area contributed by atoms with E-state index in [0.717, 1.165) is 0 Å². The number of amides is 2. The molecule has 2 saturated heterocycles. The molecule has 1 unspecified atom stereocenters. The molecule has 1 aromatic heterocycles. The summed E-state index contributed by atoms with van der Waals surface area (Å²) in [6.45, 7) is 2.12. The number of piperidine rings is 1. The van der Waals surface area contributed by atoms with Crippen LogP contribution in [0.3, 0.4) is 0 Å². The van der Waals surface area contributed by atoms with Crippen molar-refractivity contribution in [2.75, 3.05) is 25.6 Å². The number of ether oxygens (including phenoxy) is 1. The molecule has 2 N–H and O–H groups in total. The van der Waals surface area contributed by atoms with E-state index < -0.39 is 28.0 Å². The van der Waals surface area contributed by atoms with Gasteiger partial charge >= 0.3 is 0 Å². The first-order valence-electron chi connectivity index (χ1n) is 11.1. The van der Waals surface area contributed by atoms with Crippen LogP contribution in [0.4, 0.5) is 5.69 Å². The molecule has 190 valence electrons. The van der Waals surface area contributed by atoms with E-state index in [4.69, 9.17) is 27.9 Å². The van der Waals surface area contributed by atoms with Crippen molar-refractivity contribution < 1.29 is 22.7 Å². The first-order chi connectivity index (χ1) is 16.6. The van der Waals surface area contributed by atoms with Gasteiger partial charge in [-0.1, -0.05) is 28.4 Å². The van der Waals surface area contributed by atoms with Gasteiger partial charge in [-0.15, -0.1) is 5.10 Å². The summed E-state index contributed by atoms with van der Waals surface area (Å²) in [6.07, 6.45) is 3.21. The van der Waals surface area contributed by atoms with Crippen molar-refractivity contribution in [3.05, 3.63) is 34.1 Å². The van der Waals surface area contributed by atoms with Gasteiger partial charge in [0.05, 0.1) is 45.7 Å². The lowest BCUT2D eigenvalue weighted by Gasteiger charge is -2.40. The fourth-order valence-electron chi connectivity index (χ4n) is 4.87. The second-order valence-corrected chi connectivity index (χ2v) is 11.4. The maximum absolute atomic E-state index is 14.0. The number of benzene rings is 1. The van der Waals surface area contributed by atoms with Crippen LogP contribution in [0.25, 0.3) is 0 Å². The number of nitrogens with zero attached hydrogens (tertiary/aromatic N) is 4. The van der Waals surface area contributed by atoms with Crippen LogP contribution in [-0.4, -0.2) is 77.2 Å². The van der Waals surface area contributed by atoms with Crippen LogP contribution in [0, 0.1) is 5.92 Å². The Labute approximate surface area is 213 Å². The van der Waals surface area contributed by atoms with Crippen LogP contribution in [0.2, 0.25) is 10.0 Å². The Bertz CT molecular complexity index is 1190. The molecular weight excluding hydrogens is 519 g/mol. The van der Waals surface area contributed by atoms with Gasteiger partial charge < -0.3 is 15.0 Å². The molecule has 3 atom stereocenters. The summed E-state index contributed by atoms with van der Waals surface area (Å²) < 4.78 is 34.7. The number of carbonyl (C=O) groups excluding carboxylic acids is 2. The Morgan fingerprint density at radius 3 is 2.60 bits per heavy atom. The van der Waals surface area contributed by atoms with Crippen LogP contribution < -0.4 is 5.32 Å². The van der Waals surface area contributed by atoms with E-state index in [1.54, 1.807) is 12.0 Å². The average molecular weight is 545 g/mol. The number of aromatic amines is 1. The van der Waals surface area contributed by atoms with Crippen molar-refractivity contribution in [3.8, 4) is 0 Å². The Morgan fingerprint density at radius 1 is 1.29 bits per heavy atom. The lowest BCUT2D eigenvalue weighted by molar-refractivity contribution is -0.135. The molecule has 0 spiro atoms. The highest BCUT2D eigenvalue weighted by Gasteiger charge is 2.50. The predicted molar refractivity (Wildman–Crippen MR) is 128 cm³/mol. The number of nitrogens with one attached hydrogen (secondary N) is 2. The second-order valence-electron chi connectivity index (χ2n) is 8.71. The summed E-state index contributed by atoms with van der Waals surface area (Å²) in [4.78, 5) is 26.6. The highest BCUT2D eigenvalue weighted by molar-refractivity contribution is 7.89. The highest BCUT2D eigenvalue weighted by Crippen LogP contribution is 2.40. The van der Waals surface area contributed by atoms with Gasteiger partial charge in [0.15, 0.2) is 0 Å². The Balaban J connectivity index is 1.76. The number of aromatic nitrogens is 3. The van der Waals surface area contributed by atoms with Crippen molar-refractivity contribution in [1.82, 2.24) is 24.6 Å². The quantitative estimate of drug-likeness (QED) is 0.545. The molecule has 11 nitrogen and oxygen atoms in total. The molecule has 0 saturated carbocycles. The molecule has 2 fully saturated rings. The second kappa shape index (κ2) is 10.4.